The van der Waals surface area contributed by atoms with Crippen molar-refractivity contribution in [3.05, 3.63) is 35.9 Å². The number of benzene rings is 1. The fourth-order valence-electron chi connectivity index (χ4n) is 2.31. The highest BCUT2D eigenvalue weighted by atomic mass is 16.5. The van der Waals surface area contributed by atoms with Crippen LogP contribution in [0.5, 0.6) is 0 Å². The van der Waals surface area contributed by atoms with E-state index in [9.17, 15) is 14.7 Å². The van der Waals surface area contributed by atoms with Gasteiger partial charge in [-0.15, -0.1) is 0 Å². The highest BCUT2D eigenvalue weighted by Gasteiger charge is 2.31. The largest absolute Gasteiger partial charge is 0.480 e. The molecule has 108 valence electrons. The Kier molecular flexibility index (Phi) is 4.74. The summed E-state index contributed by atoms with van der Waals surface area (Å²) in [5.74, 6) is -1.37. The summed E-state index contributed by atoms with van der Waals surface area (Å²) in [6.45, 7) is 1.91. The molecule has 1 saturated heterocycles. The lowest BCUT2D eigenvalue weighted by molar-refractivity contribution is -0.144. The molecule has 0 aromatic heterocycles. The van der Waals surface area contributed by atoms with Crippen molar-refractivity contribution in [1.29, 1.82) is 0 Å². The van der Waals surface area contributed by atoms with Crippen molar-refractivity contribution in [3.8, 4) is 0 Å². The fourth-order valence-corrected chi connectivity index (χ4v) is 2.31. The van der Waals surface area contributed by atoms with Crippen LogP contribution in [-0.4, -0.2) is 35.2 Å². The molecule has 2 rings (SSSR count). The molecule has 3 atom stereocenters. The Morgan fingerprint density at radius 3 is 2.60 bits per heavy atom. The van der Waals surface area contributed by atoms with Gasteiger partial charge in [0.15, 0.2) is 0 Å². The minimum Gasteiger partial charge on any atom is -0.480 e. The van der Waals surface area contributed by atoms with Crippen LogP contribution in [0.4, 0.5) is 0 Å². The van der Waals surface area contributed by atoms with Gasteiger partial charge in [-0.25, -0.2) is 4.79 Å². The molecule has 1 amide bonds. The van der Waals surface area contributed by atoms with Crippen LogP contribution in [-0.2, 0) is 20.7 Å². The number of amides is 1. The predicted molar refractivity (Wildman–Crippen MR) is 73.3 cm³/mol. The zero-order valence-corrected chi connectivity index (χ0v) is 11.4. The van der Waals surface area contributed by atoms with Gasteiger partial charge in [0, 0.05) is 6.42 Å². The topological polar surface area (TPSA) is 75.6 Å². The number of nitrogens with one attached hydrogen (secondary N) is 1. The number of carbonyl (C=O) groups excluding carboxylic acids is 1. The number of aliphatic carboxylic acids is 1. The molecule has 1 aliphatic rings. The summed E-state index contributed by atoms with van der Waals surface area (Å²) in [5, 5.41) is 11.8. The molecular formula is C15H19NO4. The van der Waals surface area contributed by atoms with Gasteiger partial charge >= 0.3 is 5.97 Å². The number of carbonyl (C=O) groups is 2. The monoisotopic (exact) mass is 277 g/mol. The first-order chi connectivity index (χ1) is 9.56. The molecule has 0 spiro atoms. The van der Waals surface area contributed by atoms with E-state index in [1.807, 2.05) is 37.3 Å². The van der Waals surface area contributed by atoms with Gasteiger partial charge in [-0.2, -0.15) is 0 Å². The lowest BCUT2D eigenvalue weighted by Crippen LogP contribution is -2.46. The third-order valence-electron chi connectivity index (χ3n) is 3.42. The Bertz CT molecular complexity index is 474. The van der Waals surface area contributed by atoms with Crippen molar-refractivity contribution >= 4 is 11.9 Å². The molecule has 1 heterocycles. The number of ether oxygens (including phenoxy) is 1. The zero-order chi connectivity index (χ0) is 14.5. The minimum atomic E-state index is -1.03. The standard InChI is InChI=1S/C15H19NO4/c1-10-7-8-13(20-10)14(17)16-12(15(18)19)9-11-5-3-2-4-6-11/h2-6,10,12-13H,7-9H2,1H3,(H,16,17)(H,18,19)/t10?,12-,13?/m0/s1. The van der Waals surface area contributed by atoms with E-state index in [0.717, 1.165) is 12.0 Å². The highest BCUT2D eigenvalue weighted by molar-refractivity contribution is 5.86. The Morgan fingerprint density at radius 1 is 1.35 bits per heavy atom. The van der Waals surface area contributed by atoms with E-state index in [-0.39, 0.29) is 18.4 Å². The Balaban J connectivity index is 1.96. The summed E-state index contributed by atoms with van der Waals surface area (Å²) in [6.07, 6.45) is 1.27. The quantitative estimate of drug-likeness (QED) is 0.852. The van der Waals surface area contributed by atoms with Crippen molar-refractivity contribution in [2.24, 2.45) is 0 Å². The first kappa shape index (κ1) is 14.5. The van der Waals surface area contributed by atoms with Gasteiger partial charge in [0.05, 0.1) is 6.10 Å². The molecule has 0 aliphatic carbocycles. The molecule has 5 heteroatoms. The number of hydrogen-bond donors (Lipinski definition) is 2. The van der Waals surface area contributed by atoms with E-state index < -0.39 is 18.1 Å². The predicted octanol–water partition coefficient (Wildman–Crippen LogP) is 1.37. The molecule has 2 unspecified atom stereocenters. The first-order valence-corrected chi connectivity index (χ1v) is 6.79. The number of rotatable bonds is 5. The summed E-state index contributed by atoms with van der Waals surface area (Å²) < 4.78 is 5.45. The minimum absolute atomic E-state index is 0.0585. The third kappa shape index (κ3) is 3.81. The number of carboxylic acid groups (broad SMARTS) is 1. The van der Waals surface area contributed by atoms with Crippen molar-refractivity contribution < 1.29 is 19.4 Å². The summed E-state index contributed by atoms with van der Waals surface area (Å²) >= 11 is 0. The van der Waals surface area contributed by atoms with Crippen LogP contribution < -0.4 is 5.32 Å². The second-order valence-corrected chi connectivity index (χ2v) is 5.10. The van der Waals surface area contributed by atoms with Gasteiger partial charge in [0.25, 0.3) is 0 Å². The number of carboxylic acids is 1. The zero-order valence-electron chi connectivity index (χ0n) is 11.4. The van der Waals surface area contributed by atoms with Gasteiger partial charge in [-0.3, -0.25) is 4.79 Å². The maximum Gasteiger partial charge on any atom is 0.326 e. The Hall–Kier alpha value is -1.88. The molecule has 1 aromatic rings. The SMILES string of the molecule is CC1CCC(C(=O)N[C@@H](Cc2ccccc2)C(=O)O)O1. The van der Waals surface area contributed by atoms with Gasteiger partial charge in [-0.1, -0.05) is 30.3 Å². The van der Waals surface area contributed by atoms with Crippen molar-refractivity contribution in [2.45, 2.75) is 44.4 Å². The Labute approximate surface area is 117 Å². The lowest BCUT2D eigenvalue weighted by Gasteiger charge is -2.17. The molecule has 20 heavy (non-hydrogen) atoms. The second kappa shape index (κ2) is 6.52. The summed E-state index contributed by atoms with van der Waals surface area (Å²) in [6, 6.07) is 8.32. The fraction of sp³-hybridized carbons (Fsp3) is 0.467. The normalized spacial score (nSPS) is 23.2. The van der Waals surface area contributed by atoms with Crippen molar-refractivity contribution in [2.75, 3.05) is 0 Å². The van der Waals surface area contributed by atoms with E-state index >= 15 is 0 Å². The van der Waals surface area contributed by atoms with Crippen LogP contribution in [0.15, 0.2) is 30.3 Å². The highest BCUT2D eigenvalue weighted by Crippen LogP contribution is 2.19. The van der Waals surface area contributed by atoms with Crippen LogP contribution in [0.1, 0.15) is 25.3 Å². The van der Waals surface area contributed by atoms with Gasteiger partial charge in [-0.05, 0) is 25.3 Å². The van der Waals surface area contributed by atoms with Crippen LogP contribution in [0.3, 0.4) is 0 Å². The number of hydrogen-bond acceptors (Lipinski definition) is 3. The van der Waals surface area contributed by atoms with Gasteiger partial charge in [0.1, 0.15) is 12.1 Å². The summed E-state index contributed by atoms with van der Waals surface area (Å²) in [4.78, 5) is 23.3. The van der Waals surface area contributed by atoms with E-state index in [0.29, 0.717) is 6.42 Å². The van der Waals surface area contributed by atoms with Crippen LogP contribution in [0.25, 0.3) is 0 Å². The molecule has 0 bridgehead atoms. The van der Waals surface area contributed by atoms with Crippen molar-refractivity contribution in [3.63, 3.8) is 0 Å². The molecule has 1 aromatic carbocycles. The van der Waals surface area contributed by atoms with Crippen LogP contribution in [0, 0.1) is 0 Å². The summed E-state index contributed by atoms with van der Waals surface area (Å²) in [7, 11) is 0. The Morgan fingerprint density at radius 2 is 2.05 bits per heavy atom. The third-order valence-corrected chi connectivity index (χ3v) is 3.42. The van der Waals surface area contributed by atoms with E-state index in [2.05, 4.69) is 5.32 Å². The molecule has 0 radical (unpaired) electrons. The van der Waals surface area contributed by atoms with Crippen LogP contribution in [0.2, 0.25) is 0 Å². The molecule has 1 aliphatic heterocycles. The van der Waals surface area contributed by atoms with E-state index in [1.165, 1.54) is 0 Å². The molecular weight excluding hydrogens is 258 g/mol. The molecule has 1 fully saturated rings. The second-order valence-electron chi connectivity index (χ2n) is 5.10. The lowest BCUT2D eigenvalue weighted by atomic mass is 10.1. The first-order valence-electron chi connectivity index (χ1n) is 6.79. The van der Waals surface area contributed by atoms with Crippen molar-refractivity contribution in [1.82, 2.24) is 5.32 Å². The molecule has 5 nitrogen and oxygen atoms in total. The van der Waals surface area contributed by atoms with Gasteiger partial charge in [0.2, 0.25) is 5.91 Å². The molecule has 0 saturated carbocycles. The summed E-state index contributed by atoms with van der Waals surface area (Å²) in [5.41, 5.74) is 0.876. The average Bonchev–Trinajstić information content (AvgIpc) is 2.86. The average molecular weight is 277 g/mol. The maximum atomic E-state index is 12.0. The molecule has 2 N–H and O–H groups in total. The smallest absolute Gasteiger partial charge is 0.326 e. The van der Waals surface area contributed by atoms with E-state index in [1.54, 1.807) is 0 Å². The van der Waals surface area contributed by atoms with Crippen LogP contribution >= 0.6 is 0 Å². The maximum absolute atomic E-state index is 12.0. The van der Waals surface area contributed by atoms with Gasteiger partial charge < -0.3 is 15.2 Å². The van der Waals surface area contributed by atoms with E-state index in [4.69, 9.17) is 4.74 Å².